The van der Waals surface area contributed by atoms with Gasteiger partial charge in [-0.25, -0.2) is 8.78 Å². The second-order valence-electron chi connectivity index (χ2n) is 9.98. The highest BCUT2D eigenvalue weighted by Gasteiger charge is 2.47. The van der Waals surface area contributed by atoms with Crippen LogP contribution in [0, 0.1) is 17.0 Å². The van der Waals surface area contributed by atoms with Gasteiger partial charge in [-0.3, -0.25) is 0 Å². The number of fused-ring (bicyclic) bond motifs is 1. The molecule has 200 valence electrons. The normalized spacial score (nSPS) is 24.8. The van der Waals surface area contributed by atoms with Crippen LogP contribution in [0.4, 0.5) is 27.8 Å². The molecular weight excluding hydrogens is 519 g/mol. The Hall–Kier alpha value is -2.73. The van der Waals surface area contributed by atoms with E-state index in [9.17, 15) is 13.2 Å². The number of halogens is 6. The van der Waals surface area contributed by atoms with Crippen molar-refractivity contribution >= 4 is 23.2 Å². The molecule has 7 nitrogen and oxygen atoms in total. The van der Waals surface area contributed by atoms with Crippen LogP contribution in [-0.2, 0) is 0 Å². The van der Waals surface area contributed by atoms with Crippen LogP contribution in [0.25, 0.3) is 16.9 Å². The largest absolute Gasteiger partial charge is 0.490 e. The van der Waals surface area contributed by atoms with E-state index in [0.717, 1.165) is 68.4 Å². The van der Waals surface area contributed by atoms with Crippen LogP contribution in [0.15, 0.2) is 18.5 Å². The van der Waals surface area contributed by atoms with E-state index in [1.165, 1.54) is 0 Å². The van der Waals surface area contributed by atoms with Crippen LogP contribution < -0.4 is 15.4 Å². The number of rotatable bonds is 6. The van der Waals surface area contributed by atoms with Gasteiger partial charge >= 0.3 is 6.18 Å². The molecule has 0 aliphatic heterocycles. The quantitative estimate of drug-likeness (QED) is 0.303. The molecule has 0 radical (unpaired) electrons. The summed E-state index contributed by atoms with van der Waals surface area (Å²) >= 11 is 6.22. The Balaban J connectivity index is 1.42. The summed E-state index contributed by atoms with van der Waals surface area (Å²) < 4.78 is 77.4. The molecule has 13 heteroatoms. The van der Waals surface area contributed by atoms with Crippen molar-refractivity contribution in [2.24, 2.45) is 5.41 Å². The van der Waals surface area contributed by atoms with Crippen molar-refractivity contribution in [2.45, 2.75) is 69.8 Å². The zero-order chi connectivity index (χ0) is 26.5. The molecule has 3 aromatic rings. The van der Waals surface area contributed by atoms with Gasteiger partial charge in [0.1, 0.15) is 40.7 Å². The SMILES string of the molecule is CNC1CCC2(CC1)CC(Oc1cc(F)c(-c3c(Cl)nc4ncnn4c3N[C@@H](C)C(F)(F)F)c(F)c1)C2. The summed E-state index contributed by atoms with van der Waals surface area (Å²) in [6, 6.07) is 0.471. The van der Waals surface area contributed by atoms with Crippen molar-refractivity contribution in [3.8, 4) is 16.9 Å². The summed E-state index contributed by atoms with van der Waals surface area (Å²) in [5.41, 5.74) is -0.826. The number of alkyl halides is 3. The first-order valence-corrected chi connectivity index (χ1v) is 12.4. The summed E-state index contributed by atoms with van der Waals surface area (Å²) in [5.74, 6) is -2.61. The molecule has 1 spiro atoms. The number of nitrogens with one attached hydrogen (secondary N) is 2. The summed E-state index contributed by atoms with van der Waals surface area (Å²) in [6.07, 6.45) is 2.23. The number of nitrogens with zero attached hydrogens (tertiary/aromatic N) is 4. The van der Waals surface area contributed by atoms with Crippen molar-refractivity contribution in [3.05, 3.63) is 35.2 Å². The molecule has 2 aliphatic rings. The van der Waals surface area contributed by atoms with Gasteiger partial charge in [0.2, 0.25) is 0 Å². The van der Waals surface area contributed by atoms with Crippen LogP contribution in [0.3, 0.4) is 0 Å². The maximum atomic E-state index is 15.3. The lowest BCUT2D eigenvalue weighted by atomic mass is 9.58. The average Bonchev–Trinajstić information content (AvgIpc) is 3.27. The van der Waals surface area contributed by atoms with E-state index in [0.29, 0.717) is 6.04 Å². The van der Waals surface area contributed by atoms with E-state index >= 15 is 8.78 Å². The molecule has 2 N–H and O–H groups in total. The third kappa shape index (κ3) is 4.93. The van der Waals surface area contributed by atoms with Gasteiger partial charge in [0.15, 0.2) is 0 Å². The maximum absolute atomic E-state index is 15.3. The number of benzene rings is 1. The first-order valence-electron chi connectivity index (χ1n) is 12.1. The van der Waals surface area contributed by atoms with Crippen molar-refractivity contribution in [3.63, 3.8) is 0 Å². The molecule has 2 heterocycles. The van der Waals surface area contributed by atoms with Crippen molar-refractivity contribution in [1.82, 2.24) is 24.9 Å². The minimum absolute atomic E-state index is 0.00611. The lowest BCUT2D eigenvalue weighted by Crippen LogP contribution is -2.48. The highest BCUT2D eigenvalue weighted by atomic mass is 35.5. The predicted molar refractivity (Wildman–Crippen MR) is 128 cm³/mol. The Morgan fingerprint density at radius 3 is 2.38 bits per heavy atom. The third-order valence-corrected chi connectivity index (χ3v) is 7.84. The number of ether oxygens (including phenoxy) is 1. The molecule has 2 aliphatic carbocycles. The van der Waals surface area contributed by atoms with Gasteiger partial charge < -0.3 is 15.4 Å². The van der Waals surface area contributed by atoms with Gasteiger partial charge in [0.25, 0.3) is 5.78 Å². The smallest absolute Gasteiger partial charge is 0.408 e. The molecule has 1 atom stereocenters. The van der Waals surface area contributed by atoms with Crippen LogP contribution in [-0.4, -0.2) is 51.0 Å². The first kappa shape index (κ1) is 25.9. The van der Waals surface area contributed by atoms with Crippen LogP contribution in [0.5, 0.6) is 5.75 Å². The summed E-state index contributed by atoms with van der Waals surface area (Å²) in [7, 11) is 1.96. The molecule has 2 saturated carbocycles. The topological polar surface area (TPSA) is 76.4 Å². The molecule has 2 aromatic heterocycles. The van der Waals surface area contributed by atoms with Crippen LogP contribution >= 0.6 is 11.6 Å². The fourth-order valence-corrected chi connectivity index (χ4v) is 5.68. The molecule has 0 saturated heterocycles. The van der Waals surface area contributed by atoms with Gasteiger partial charge in [0, 0.05) is 18.2 Å². The summed E-state index contributed by atoms with van der Waals surface area (Å²) in [4.78, 5) is 7.76. The van der Waals surface area contributed by atoms with Gasteiger partial charge in [-0.15, -0.1) is 0 Å². The second-order valence-corrected chi connectivity index (χ2v) is 10.3. The number of anilines is 1. The van der Waals surface area contributed by atoms with Crippen molar-refractivity contribution < 1.29 is 26.7 Å². The zero-order valence-electron chi connectivity index (χ0n) is 20.2. The van der Waals surface area contributed by atoms with Gasteiger partial charge in [0.05, 0.1) is 17.2 Å². The fraction of sp³-hybridized carbons (Fsp3) is 0.542. The summed E-state index contributed by atoms with van der Waals surface area (Å²) in [5, 5.41) is 8.95. The minimum atomic E-state index is -4.65. The van der Waals surface area contributed by atoms with Crippen molar-refractivity contribution in [1.29, 1.82) is 0 Å². The monoisotopic (exact) mass is 544 g/mol. The van der Waals surface area contributed by atoms with Crippen LogP contribution in [0.1, 0.15) is 45.4 Å². The standard InChI is InChI=1S/C24H26ClF5N6O/c1-12(24(28,29)30)34-21-19(20(25)35-22-32-11-33-36(21)22)18-16(26)7-14(8-17(18)27)37-15-9-23(10-15)5-3-13(31-2)4-6-23/h7-8,11-13,15,31,34H,3-6,9-10H2,1-2H3/t12-,13?,15?,23?/m0/s1. The van der Waals surface area contributed by atoms with E-state index in [1.54, 1.807) is 0 Å². The predicted octanol–water partition coefficient (Wildman–Crippen LogP) is 5.78. The molecule has 37 heavy (non-hydrogen) atoms. The van der Waals surface area contributed by atoms with E-state index in [-0.39, 0.29) is 28.9 Å². The lowest BCUT2D eigenvalue weighted by molar-refractivity contribution is -0.138. The number of hydrogen-bond acceptors (Lipinski definition) is 6. The van der Waals surface area contributed by atoms with E-state index in [1.807, 2.05) is 7.05 Å². The first-order chi connectivity index (χ1) is 17.5. The molecule has 0 amide bonds. The van der Waals surface area contributed by atoms with E-state index in [2.05, 4.69) is 25.7 Å². The molecule has 2 fully saturated rings. The minimum Gasteiger partial charge on any atom is -0.490 e. The Bertz CT molecular complexity index is 1280. The van der Waals surface area contributed by atoms with Gasteiger partial charge in [-0.05, 0) is 57.9 Å². The molecule has 1 aromatic carbocycles. The Morgan fingerprint density at radius 2 is 1.78 bits per heavy atom. The van der Waals surface area contributed by atoms with E-state index in [4.69, 9.17) is 16.3 Å². The Labute approximate surface area is 214 Å². The van der Waals surface area contributed by atoms with Crippen LogP contribution in [0.2, 0.25) is 5.15 Å². The number of aromatic nitrogens is 4. The second kappa shape index (κ2) is 9.54. The van der Waals surface area contributed by atoms with Crippen molar-refractivity contribution in [2.75, 3.05) is 12.4 Å². The maximum Gasteiger partial charge on any atom is 0.408 e. The molecule has 0 bridgehead atoms. The lowest BCUT2D eigenvalue weighted by Gasteiger charge is -2.51. The van der Waals surface area contributed by atoms with Gasteiger partial charge in [-0.1, -0.05) is 11.6 Å². The van der Waals surface area contributed by atoms with Gasteiger partial charge in [-0.2, -0.15) is 32.8 Å². The molecule has 0 unspecified atom stereocenters. The molecule has 5 rings (SSSR count). The summed E-state index contributed by atoms with van der Waals surface area (Å²) in [6.45, 7) is 0.862. The fourth-order valence-electron chi connectivity index (χ4n) is 5.42. The Morgan fingerprint density at radius 1 is 1.14 bits per heavy atom. The molecular formula is C24H26ClF5N6O. The number of hydrogen-bond donors (Lipinski definition) is 2. The Kier molecular flexibility index (Phi) is 6.68. The zero-order valence-corrected chi connectivity index (χ0v) is 20.9. The highest BCUT2D eigenvalue weighted by Crippen LogP contribution is 2.53. The average molecular weight is 545 g/mol. The van der Waals surface area contributed by atoms with E-state index < -0.39 is 40.1 Å². The highest BCUT2D eigenvalue weighted by molar-refractivity contribution is 6.33. The third-order valence-electron chi connectivity index (χ3n) is 7.57.